The molecule has 10 heteroatoms. The van der Waals surface area contributed by atoms with Crippen molar-refractivity contribution in [2.75, 3.05) is 6.54 Å². The van der Waals surface area contributed by atoms with E-state index in [9.17, 15) is 19.7 Å². The van der Waals surface area contributed by atoms with Crippen molar-refractivity contribution in [3.05, 3.63) is 63.9 Å². The van der Waals surface area contributed by atoms with Crippen LogP contribution in [0.15, 0.2) is 52.0 Å². The van der Waals surface area contributed by atoms with E-state index >= 15 is 0 Å². The summed E-state index contributed by atoms with van der Waals surface area (Å²) in [7, 11) is 0. The number of furan rings is 1. The number of carbonyl (C=O) groups excluding carboxylic acids is 2. The van der Waals surface area contributed by atoms with E-state index < -0.39 is 29.2 Å². The van der Waals surface area contributed by atoms with Gasteiger partial charge in [0.2, 0.25) is 5.84 Å². The number of amidine groups is 1. The number of hydrogen-bond acceptors (Lipinski definition) is 7. The largest absolute Gasteiger partial charge is 0.433 e. The Balaban J connectivity index is 1.85. The molecule has 0 spiro atoms. The van der Waals surface area contributed by atoms with Gasteiger partial charge in [-0.3, -0.25) is 14.9 Å². The quantitative estimate of drug-likeness (QED) is 0.261. The van der Waals surface area contributed by atoms with Crippen LogP contribution in [0.5, 0.6) is 0 Å². The topological polar surface area (TPSA) is 150 Å². The van der Waals surface area contributed by atoms with Crippen LogP contribution in [-0.4, -0.2) is 29.2 Å². The monoisotopic (exact) mass is 332 g/mol. The van der Waals surface area contributed by atoms with Crippen molar-refractivity contribution in [1.82, 2.24) is 5.32 Å². The molecule has 0 aliphatic heterocycles. The third-order valence-electron chi connectivity index (χ3n) is 2.70. The number of nitrogens with zero attached hydrogens (tertiary/aromatic N) is 2. The second-order valence-electron chi connectivity index (χ2n) is 4.38. The molecule has 1 aromatic carbocycles. The van der Waals surface area contributed by atoms with Crippen molar-refractivity contribution in [1.29, 1.82) is 0 Å². The molecule has 1 amide bonds. The number of carbonyl (C=O) groups is 2. The minimum Gasteiger partial charge on any atom is -0.397 e. The SMILES string of the molecule is N/C(=N\OC(=O)CNC(=O)c1ccccc1)c1ccc([N+](=O)[O-])o1. The van der Waals surface area contributed by atoms with E-state index in [2.05, 4.69) is 15.3 Å². The first-order valence-electron chi connectivity index (χ1n) is 6.58. The van der Waals surface area contributed by atoms with Crippen LogP contribution in [0.3, 0.4) is 0 Å². The van der Waals surface area contributed by atoms with Crippen LogP contribution in [0.1, 0.15) is 16.1 Å². The Kier molecular flexibility index (Phi) is 5.24. The Morgan fingerprint density at radius 3 is 2.58 bits per heavy atom. The second kappa shape index (κ2) is 7.54. The lowest BCUT2D eigenvalue weighted by atomic mass is 10.2. The Hall–Kier alpha value is -3.69. The van der Waals surface area contributed by atoms with Gasteiger partial charge in [-0.05, 0) is 18.2 Å². The van der Waals surface area contributed by atoms with E-state index in [1.54, 1.807) is 30.3 Å². The third-order valence-corrected chi connectivity index (χ3v) is 2.70. The van der Waals surface area contributed by atoms with E-state index in [0.29, 0.717) is 5.56 Å². The van der Waals surface area contributed by atoms with Gasteiger partial charge in [-0.1, -0.05) is 23.4 Å². The fraction of sp³-hybridized carbons (Fsp3) is 0.0714. The van der Waals surface area contributed by atoms with Crippen LogP contribution in [-0.2, 0) is 9.63 Å². The van der Waals surface area contributed by atoms with Gasteiger partial charge in [0.1, 0.15) is 11.5 Å². The van der Waals surface area contributed by atoms with Crippen LogP contribution in [0.25, 0.3) is 0 Å². The average molecular weight is 332 g/mol. The van der Waals surface area contributed by atoms with Gasteiger partial charge in [0.05, 0.1) is 6.07 Å². The van der Waals surface area contributed by atoms with Gasteiger partial charge < -0.3 is 20.3 Å². The molecular formula is C14H12N4O6. The summed E-state index contributed by atoms with van der Waals surface area (Å²) in [4.78, 5) is 37.4. The smallest absolute Gasteiger partial charge is 0.397 e. The van der Waals surface area contributed by atoms with E-state index in [1.807, 2.05) is 0 Å². The second-order valence-corrected chi connectivity index (χ2v) is 4.38. The molecule has 24 heavy (non-hydrogen) atoms. The lowest BCUT2D eigenvalue weighted by Gasteiger charge is -2.03. The highest BCUT2D eigenvalue weighted by Crippen LogP contribution is 2.15. The first-order chi connectivity index (χ1) is 11.5. The molecule has 0 radical (unpaired) electrons. The van der Waals surface area contributed by atoms with Crippen molar-refractivity contribution >= 4 is 23.6 Å². The molecule has 2 aromatic rings. The number of amides is 1. The van der Waals surface area contributed by atoms with Crippen molar-refractivity contribution in [2.24, 2.45) is 10.9 Å². The maximum atomic E-state index is 11.7. The summed E-state index contributed by atoms with van der Waals surface area (Å²) in [5.41, 5.74) is 5.86. The minimum atomic E-state index is -0.872. The summed E-state index contributed by atoms with van der Waals surface area (Å²) in [5.74, 6) is -2.33. The maximum absolute atomic E-state index is 11.7. The predicted octanol–water partition coefficient (Wildman–Crippen LogP) is 0.781. The molecule has 10 nitrogen and oxygen atoms in total. The number of nitro groups is 1. The summed E-state index contributed by atoms with van der Waals surface area (Å²) >= 11 is 0. The zero-order chi connectivity index (χ0) is 17.5. The number of oxime groups is 1. The highest BCUT2D eigenvalue weighted by molar-refractivity contribution is 5.96. The maximum Gasteiger partial charge on any atom is 0.433 e. The first-order valence-corrected chi connectivity index (χ1v) is 6.58. The standard InChI is InChI=1S/C14H12N4O6/c15-13(10-6-7-11(23-10)18(21)22)17-24-12(19)8-16-14(20)9-4-2-1-3-5-9/h1-7H,8H2,(H2,15,17)(H,16,20). The van der Waals surface area contributed by atoms with E-state index in [1.165, 1.54) is 6.07 Å². The van der Waals surface area contributed by atoms with Gasteiger partial charge in [-0.25, -0.2) is 4.79 Å². The van der Waals surface area contributed by atoms with Crippen molar-refractivity contribution in [3.63, 3.8) is 0 Å². The predicted molar refractivity (Wildman–Crippen MR) is 81.0 cm³/mol. The van der Waals surface area contributed by atoms with E-state index in [0.717, 1.165) is 6.07 Å². The van der Waals surface area contributed by atoms with Crippen LogP contribution in [0.2, 0.25) is 0 Å². The van der Waals surface area contributed by atoms with Crippen LogP contribution in [0, 0.1) is 10.1 Å². The normalized spacial score (nSPS) is 10.9. The van der Waals surface area contributed by atoms with Crippen LogP contribution >= 0.6 is 0 Å². The Morgan fingerprint density at radius 2 is 1.96 bits per heavy atom. The number of benzene rings is 1. The van der Waals surface area contributed by atoms with Gasteiger partial charge in [0, 0.05) is 5.56 Å². The molecule has 0 unspecified atom stereocenters. The Bertz CT molecular complexity index is 784. The summed E-state index contributed by atoms with van der Waals surface area (Å²) < 4.78 is 4.78. The summed E-state index contributed by atoms with van der Waals surface area (Å²) in [6.07, 6.45) is 0. The van der Waals surface area contributed by atoms with Crippen molar-refractivity contribution < 1.29 is 23.8 Å². The fourth-order valence-corrected chi connectivity index (χ4v) is 1.58. The molecule has 0 aliphatic carbocycles. The molecule has 0 atom stereocenters. The van der Waals surface area contributed by atoms with Crippen molar-refractivity contribution in [3.8, 4) is 0 Å². The lowest BCUT2D eigenvalue weighted by molar-refractivity contribution is -0.402. The lowest BCUT2D eigenvalue weighted by Crippen LogP contribution is -2.30. The molecule has 0 saturated heterocycles. The average Bonchev–Trinajstić information content (AvgIpc) is 3.08. The molecule has 0 fully saturated rings. The Morgan fingerprint density at radius 1 is 1.25 bits per heavy atom. The minimum absolute atomic E-state index is 0.122. The zero-order valence-electron chi connectivity index (χ0n) is 12.2. The highest BCUT2D eigenvalue weighted by atomic mass is 16.7. The number of rotatable bonds is 6. The molecule has 0 saturated carbocycles. The summed E-state index contributed by atoms with van der Waals surface area (Å²) in [6.45, 7) is -0.428. The Labute approximate surface area is 135 Å². The number of hydrogen-bond donors (Lipinski definition) is 2. The summed E-state index contributed by atoms with van der Waals surface area (Å²) in [5, 5.41) is 16.1. The zero-order valence-corrected chi connectivity index (χ0v) is 12.2. The molecule has 1 heterocycles. The molecule has 3 N–H and O–H groups in total. The first kappa shape index (κ1) is 16.7. The molecule has 2 rings (SSSR count). The van der Waals surface area contributed by atoms with Gasteiger partial charge in [0.15, 0.2) is 5.76 Å². The van der Waals surface area contributed by atoms with Gasteiger partial charge >= 0.3 is 11.9 Å². The van der Waals surface area contributed by atoms with Gasteiger partial charge in [-0.15, -0.1) is 0 Å². The molecule has 0 bridgehead atoms. The van der Waals surface area contributed by atoms with E-state index in [4.69, 9.17) is 10.2 Å². The van der Waals surface area contributed by atoms with Crippen LogP contribution < -0.4 is 11.1 Å². The summed E-state index contributed by atoms with van der Waals surface area (Å²) in [6, 6.07) is 10.6. The van der Waals surface area contributed by atoms with Crippen LogP contribution in [0.4, 0.5) is 5.88 Å². The van der Waals surface area contributed by atoms with Crippen molar-refractivity contribution in [2.45, 2.75) is 0 Å². The third kappa shape index (κ3) is 4.40. The molecule has 0 aliphatic rings. The number of nitrogens with one attached hydrogen (secondary N) is 1. The van der Waals surface area contributed by atoms with E-state index in [-0.39, 0.29) is 11.6 Å². The molecule has 1 aromatic heterocycles. The highest BCUT2D eigenvalue weighted by Gasteiger charge is 2.15. The molecule has 124 valence electrons. The fourth-order valence-electron chi connectivity index (χ4n) is 1.58. The number of nitrogens with two attached hydrogens (primary N) is 1. The van der Waals surface area contributed by atoms with Gasteiger partial charge in [0.25, 0.3) is 5.91 Å². The van der Waals surface area contributed by atoms with Gasteiger partial charge in [-0.2, -0.15) is 0 Å². The molecular weight excluding hydrogens is 320 g/mol.